The average Bonchev–Trinajstić information content (AvgIpc) is 2.29. The summed E-state index contributed by atoms with van der Waals surface area (Å²) in [6, 6.07) is 2.49. The molecule has 0 aromatic carbocycles. The smallest absolute Gasteiger partial charge is 0.174 e. The molecule has 70 valence electrons. The first-order valence-corrected chi connectivity index (χ1v) is 4.57. The van der Waals surface area contributed by atoms with Crippen molar-refractivity contribution in [3.05, 3.63) is 12.3 Å². The van der Waals surface area contributed by atoms with Crippen molar-refractivity contribution >= 4 is 11.5 Å². The summed E-state index contributed by atoms with van der Waals surface area (Å²) in [7, 11) is 2.06. The molecule has 4 heteroatoms. The van der Waals surface area contributed by atoms with Crippen LogP contribution in [0.1, 0.15) is 13.3 Å². The van der Waals surface area contributed by atoms with Crippen LogP contribution >= 0.6 is 0 Å². The lowest BCUT2D eigenvalue weighted by Crippen LogP contribution is -2.29. The van der Waals surface area contributed by atoms with E-state index in [1.165, 1.54) is 0 Å². The van der Waals surface area contributed by atoms with Gasteiger partial charge in [-0.05, 0) is 19.4 Å². The lowest BCUT2D eigenvalue weighted by Gasteiger charge is -2.23. The molecule has 0 saturated carbocycles. The largest absolute Gasteiger partial charge is 0.382 e. The summed E-state index contributed by atoms with van der Waals surface area (Å²) < 4.78 is 0. The van der Waals surface area contributed by atoms with Gasteiger partial charge < -0.3 is 10.2 Å². The van der Waals surface area contributed by atoms with Crippen LogP contribution in [0.3, 0.4) is 0 Å². The maximum Gasteiger partial charge on any atom is 0.174 e. The maximum atomic E-state index is 4.12. The molecule has 1 aromatic heterocycles. The van der Waals surface area contributed by atoms with Crippen LogP contribution in [0, 0.1) is 0 Å². The summed E-state index contributed by atoms with van der Waals surface area (Å²) >= 11 is 0. The number of nitrogens with zero attached hydrogens (tertiary/aromatic N) is 3. The number of rotatable bonds is 0. The van der Waals surface area contributed by atoms with Crippen molar-refractivity contribution in [2.24, 2.45) is 0 Å². The van der Waals surface area contributed by atoms with E-state index in [-0.39, 0.29) is 0 Å². The molecule has 1 aromatic rings. The van der Waals surface area contributed by atoms with Gasteiger partial charge in [-0.2, -0.15) is 5.10 Å². The van der Waals surface area contributed by atoms with E-state index in [0.29, 0.717) is 6.04 Å². The summed E-state index contributed by atoms with van der Waals surface area (Å²) in [6.07, 6.45) is 2.85. The number of anilines is 2. The molecule has 0 aliphatic carbocycles. The molecule has 1 aliphatic heterocycles. The standard InChI is InChI=1S/C9H14N4/c1-7-3-5-10-8-4-6-11-12-9(8)13(7)2/h4,6-7,10H,3,5H2,1-2H3. The molecule has 0 spiro atoms. The SMILES string of the molecule is CC1CCNc2ccnnc2N1C. The third kappa shape index (κ3) is 1.43. The van der Waals surface area contributed by atoms with Gasteiger partial charge in [0, 0.05) is 19.6 Å². The second-order valence-corrected chi connectivity index (χ2v) is 3.44. The first kappa shape index (κ1) is 8.29. The summed E-state index contributed by atoms with van der Waals surface area (Å²) in [5.41, 5.74) is 1.09. The highest BCUT2D eigenvalue weighted by molar-refractivity contribution is 5.65. The molecule has 1 atom stereocenters. The van der Waals surface area contributed by atoms with Gasteiger partial charge in [-0.3, -0.25) is 0 Å². The molecule has 4 nitrogen and oxygen atoms in total. The van der Waals surface area contributed by atoms with Crippen molar-refractivity contribution < 1.29 is 0 Å². The zero-order chi connectivity index (χ0) is 9.26. The molecule has 0 bridgehead atoms. The monoisotopic (exact) mass is 178 g/mol. The van der Waals surface area contributed by atoms with E-state index >= 15 is 0 Å². The fraction of sp³-hybridized carbons (Fsp3) is 0.556. The van der Waals surface area contributed by atoms with E-state index < -0.39 is 0 Å². The van der Waals surface area contributed by atoms with Crippen LogP contribution in [0.25, 0.3) is 0 Å². The minimum atomic E-state index is 0.519. The van der Waals surface area contributed by atoms with E-state index in [2.05, 4.69) is 34.4 Å². The van der Waals surface area contributed by atoms with Crippen molar-refractivity contribution in [3.8, 4) is 0 Å². The Balaban J connectivity index is 2.40. The molecule has 2 rings (SSSR count). The van der Waals surface area contributed by atoms with E-state index in [4.69, 9.17) is 0 Å². The Morgan fingerprint density at radius 1 is 1.62 bits per heavy atom. The molecule has 1 unspecified atom stereocenters. The highest BCUT2D eigenvalue weighted by Gasteiger charge is 2.18. The van der Waals surface area contributed by atoms with Crippen molar-refractivity contribution in [2.45, 2.75) is 19.4 Å². The van der Waals surface area contributed by atoms with Gasteiger partial charge in [0.25, 0.3) is 0 Å². The first-order chi connectivity index (χ1) is 6.29. The second-order valence-electron chi connectivity index (χ2n) is 3.44. The van der Waals surface area contributed by atoms with Crippen LogP contribution < -0.4 is 10.2 Å². The van der Waals surface area contributed by atoms with Crippen LogP contribution in [-0.4, -0.2) is 29.8 Å². The van der Waals surface area contributed by atoms with Gasteiger partial charge in [0.2, 0.25) is 0 Å². The van der Waals surface area contributed by atoms with Crippen LogP contribution in [0.5, 0.6) is 0 Å². The van der Waals surface area contributed by atoms with E-state index in [1.54, 1.807) is 6.20 Å². The van der Waals surface area contributed by atoms with Crippen LogP contribution in [0.15, 0.2) is 12.3 Å². The van der Waals surface area contributed by atoms with E-state index in [9.17, 15) is 0 Å². The highest BCUT2D eigenvalue weighted by Crippen LogP contribution is 2.25. The van der Waals surface area contributed by atoms with Gasteiger partial charge in [0.1, 0.15) is 0 Å². The molecule has 2 heterocycles. The Kier molecular flexibility index (Phi) is 2.04. The highest BCUT2D eigenvalue weighted by atomic mass is 15.3. The van der Waals surface area contributed by atoms with Gasteiger partial charge in [0.15, 0.2) is 5.82 Å². The predicted octanol–water partition coefficient (Wildman–Crippen LogP) is 1.12. The second kappa shape index (κ2) is 3.20. The summed E-state index contributed by atoms with van der Waals surface area (Å²) in [5, 5.41) is 11.4. The Hall–Kier alpha value is -1.32. The molecule has 0 saturated heterocycles. The number of hydrogen-bond acceptors (Lipinski definition) is 4. The number of nitrogens with one attached hydrogen (secondary N) is 1. The van der Waals surface area contributed by atoms with Crippen molar-refractivity contribution in [1.29, 1.82) is 0 Å². The molecular weight excluding hydrogens is 164 g/mol. The Bertz CT molecular complexity index is 299. The lowest BCUT2D eigenvalue weighted by atomic mass is 10.2. The van der Waals surface area contributed by atoms with Gasteiger partial charge in [-0.1, -0.05) is 0 Å². The zero-order valence-electron chi connectivity index (χ0n) is 7.99. The van der Waals surface area contributed by atoms with Gasteiger partial charge >= 0.3 is 0 Å². The van der Waals surface area contributed by atoms with Gasteiger partial charge in [0.05, 0.1) is 11.9 Å². The van der Waals surface area contributed by atoms with Crippen molar-refractivity contribution in [2.75, 3.05) is 23.8 Å². The van der Waals surface area contributed by atoms with Gasteiger partial charge in [-0.15, -0.1) is 5.10 Å². The van der Waals surface area contributed by atoms with Crippen LogP contribution in [-0.2, 0) is 0 Å². The minimum absolute atomic E-state index is 0.519. The van der Waals surface area contributed by atoms with Crippen LogP contribution in [0.2, 0.25) is 0 Å². The third-order valence-corrected chi connectivity index (χ3v) is 2.57. The third-order valence-electron chi connectivity index (χ3n) is 2.57. The summed E-state index contributed by atoms with van der Waals surface area (Å²) in [4.78, 5) is 2.17. The topological polar surface area (TPSA) is 41.1 Å². The normalized spacial score (nSPS) is 21.7. The fourth-order valence-corrected chi connectivity index (χ4v) is 1.54. The lowest BCUT2D eigenvalue weighted by molar-refractivity contribution is 0.649. The molecule has 0 amide bonds. The maximum absolute atomic E-state index is 4.12. The minimum Gasteiger partial charge on any atom is -0.382 e. The predicted molar refractivity (Wildman–Crippen MR) is 53.0 cm³/mol. The van der Waals surface area contributed by atoms with Crippen LogP contribution in [0.4, 0.5) is 11.5 Å². The van der Waals surface area contributed by atoms with Crippen molar-refractivity contribution in [1.82, 2.24) is 10.2 Å². The molecule has 13 heavy (non-hydrogen) atoms. The molecule has 1 N–H and O–H groups in total. The van der Waals surface area contributed by atoms with E-state index in [0.717, 1.165) is 24.5 Å². The molecule has 0 fully saturated rings. The van der Waals surface area contributed by atoms with Gasteiger partial charge in [-0.25, -0.2) is 0 Å². The number of aromatic nitrogens is 2. The molecule has 0 radical (unpaired) electrons. The average molecular weight is 178 g/mol. The number of hydrogen-bond donors (Lipinski definition) is 1. The van der Waals surface area contributed by atoms with Crippen molar-refractivity contribution in [3.63, 3.8) is 0 Å². The van der Waals surface area contributed by atoms with E-state index in [1.807, 2.05) is 6.07 Å². The summed E-state index contributed by atoms with van der Waals surface area (Å²) in [6.45, 7) is 3.20. The molecule has 1 aliphatic rings. The Morgan fingerprint density at radius 2 is 2.46 bits per heavy atom. The molecular formula is C9H14N4. The quantitative estimate of drug-likeness (QED) is 0.646. The fourth-order valence-electron chi connectivity index (χ4n) is 1.54. The summed E-state index contributed by atoms with van der Waals surface area (Å²) in [5.74, 6) is 0.951. The Morgan fingerprint density at radius 3 is 3.31 bits per heavy atom. The Labute approximate surface area is 78.0 Å². The zero-order valence-corrected chi connectivity index (χ0v) is 7.99. The number of fused-ring (bicyclic) bond motifs is 1. The first-order valence-electron chi connectivity index (χ1n) is 4.57.